The van der Waals surface area contributed by atoms with Gasteiger partial charge in [-0.25, -0.2) is 0 Å². The quantitative estimate of drug-likeness (QED) is 0.873. The Morgan fingerprint density at radius 3 is 2.57 bits per heavy atom. The molecule has 110 valence electrons. The Bertz CT molecular complexity index is 599. The predicted octanol–water partition coefficient (Wildman–Crippen LogP) is 4.36. The van der Waals surface area contributed by atoms with E-state index in [-0.39, 0.29) is 11.9 Å². The van der Waals surface area contributed by atoms with Crippen molar-refractivity contribution in [2.75, 3.05) is 0 Å². The van der Waals surface area contributed by atoms with Crippen molar-refractivity contribution in [1.29, 1.82) is 0 Å². The van der Waals surface area contributed by atoms with Gasteiger partial charge in [-0.2, -0.15) is 0 Å². The number of aromatic nitrogens is 1. The highest BCUT2D eigenvalue weighted by Gasteiger charge is 2.17. The zero-order valence-electron chi connectivity index (χ0n) is 12.2. The van der Waals surface area contributed by atoms with Crippen molar-refractivity contribution < 1.29 is 4.79 Å². The molecule has 0 aliphatic heterocycles. The van der Waals surface area contributed by atoms with Crippen LogP contribution in [0.1, 0.15) is 42.2 Å². The lowest BCUT2D eigenvalue weighted by atomic mass is 9.97. The second-order valence-corrected chi connectivity index (χ2v) is 6.37. The molecule has 1 atom stereocenters. The van der Waals surface area contributed by atoms with E-state index in [2.05, 4.69) is 40.1 Å². The topological polar surface area (TPSA) is 42.0 Å². The van der Waals surface area contributed by atoms with E-state index < -0.39 is 0 Å². The molecule has 0 fully saturated rings. The van der Waals surface area contributed by atoms with Gasteiger partial charge in [-0.1, -0.05) is 44.2 Å². The number of halogens is 1. The van der Waals surface area contributed by atoms with Gasteiger partial charge in [0.15, 0.2) is 0 Å². The van der Waals surface area contributed by atoms with Crippen molar-refractivity contribution in [2.24, 2.45) is 5.92 Å². The number of amides is 1. The minimum atomic E-state index is -0.0988. The number of benzene rings is 1. The maximum atomic E-state index is 12.4. The van der Waals surface area contributed by atoms with Crippen LogP contribution in [0.15, 0.2) is 53.3 Å². The first-order valence-corrected chi connectivity index (χ1v) is 7.82. The number of nitrogens with one attached hydrogen (secondary N) is 1. The molecule has 3 nitrogen and oxygen atoms in total. The molecule has 21 heavy (non-hydrogen) atoms. The standard InChI is InChI=1S/C17H19BrN2O/c1-12(2)8-16(13-6-4-3-5-7-13)20-17(21)14-9-15(18)11-19-10-14/h3-7,9-12,16H,8H2,1-2H3,(H,20,21). The van der Waals surface area contributed by atoms with E-state index in [1.807, 2.05) is 30.3 Å². The number of carbonyl (C=O) groups is 1. The lowest BCUT2D eigenvalue weighted by molar-refractivity contribution is 0.0931. The molecule has 0 aliphatic carbocycles. The average molecular weight is 347 g/mol. The molecule has 1 aromatic carbocycles. The summed E-state index contributed by atoms with van der Waals surface area (Å²) in [6.45, 7) is 4.31. The van der Waals surface area contributed by atoms with Crippen molar-refractivity contribution in [1.82, 2.24) is 10.3 Å². The summed E-state index contributed by atoms with van der Waals surface area (Å²) in [5.74, 6) is 0.398. The SMILES string of the molecule is CC(C)CC(NC(=O)c1cncc(Br)c1)c1ccccc1. The molecular weight excluding hydrogens is 328 g/mol. The van der Waals surface area contributed by atoms with Gasteiger partial charge < -0.3 is 5.32 Å². The second kappa shape index (κ2) is 7.36. The Hall–Kier alpha value is -1.68. The third-order valence-corrected chi connectivity index (χ3v) is 3.62. The molecule has 0 radical (unpaired) electrons. The molecule has 1 aromatic heterocycles. The minimum absolute atomic E-state index is 0.0117. The van der Waals surface area contributed by atoms with Crippen LogP contribution in [0.4, 0.5) is 0 Å². The zero-order valence-corrected chi connectivity index (χ0v) is 13.8. The molecule has 1 heterocycles. The van der Waals surface area contributed by atoms with Gasteiger partial charge >= 0.3 is 0 Å². The van der Waals surface area contributed by atoms with Crippen LogP contribution in [0.3, 0.4) is 0 Å². The number of hydrogen-bond donors (Lipinski definition) is 1. The smallest absolute Gasteiger partial charge is 0.253 e. The highest BCUT2D eigenvalue weighted by atomic mass is 79.9. The van der Waals surface area contributed by atoms with Gasteiger partial charge in [0.25, 0.3) is 5.91 Å². The van der Waals surface area contributed by atoms with E-state index in [1.165, 1.54) is 0 Å². The molecule has 2 aromatic rings. The van der Waals surface area contributed by atoms with Gasteiger partial charge in [0, 0.05) is 16.9 Å². The van der Waals surface area contributed by atoms with Crippen molar-refractivity contribution in [2.45, 2.75) is 26.3 Å². The van der Waals surface area contributed by atoms with Crippen LogP contribution >= 0.6 is 15.9 Å². The monoisotopic (exact) mass is 346 g/mol. The Labute approximate surface area is 133 Å². The van der Waals surface area contributed by atoms with Crippen LogP contribution in [0.2, 0.25) is 0 Å². The lowest BCUT2D eigenvalue weighted by Gasteiger charge is -2.21. The van der Waals surface area contributed by atoms with Gasteiger partial charge in [-0.05, 0) is 39.9 Å². The van der Waals surface area contributed by atoms with Gasteiger partial charge in [0.1, 0.15) is 0 Å². The molecule has 1 N–H and O–H groups in total. The van der Waals surface area contributed by atoms with Gasteiger partial charge in [0.2, 0.25) is 0 Å². The van der Waals surface area contributed by atoms with Crippen LogP contribution in [0.25, 0.3) is 0 Å². The highest BCUT2D eigenvalue weighted by Crippen LogP contribution is 2.22. The summed E-state index contributed by atoms with van der Waals surface area (Å²) in [6, 6.07) is 11.9. The molecule has 0 spiro atoms. The predicted molar refractivity (Wildman–Crippen MR) is 88.0 cm³/mol. The highest BCUT2D eigenvalue weighted by molar-refractivity contribution is 9.10. The summed E-state index contributed by atoms with van der Waals surface area (Å²) in [7, 11) is 0. The van der Waals surface area contributed by atoms with Crippen LogP contribution in [-0.4, -0.2) is 10.9 Å². The second-order valence-electron chi connectivity index (χ2n) is 5.46. The van der Waals surface area contributed by atoms with Gasteiger partial charge in [-0.3, -0.25) is 9.78 Å². The third kappa shape index (κ3) is 4.67. The zero-order chi connectivity index (χ0) is 15.2. The fourth-order valence-electron chi connectivity index (χ4n) is 2.21. The van der Waals surface area contributed by atoms with Crippen molar-refractivity contribution in [3.8, 4) is 0 Å². The van der Waals surface area contributed by atoms with Crippen LogP contribution in [-0.2, 0) is 0 Å². The Morgan fingerprint density at radius 2 is 1.95 bits per heavy atom. The normalized spacial score (nSPS) is 12.2. The Kier molecular flexibility index (Phi) is 5.51. The third-order valence-electron chi connectivity index (χ3n) is 3.18. The molecule has 0 aliphatic rings. The molecule has 0 saturated carbocycles. The molecule has 0 saturated heterocycles. The summed E-state index contributed by atoms with van der Waals surface area (Å²) in [6.07, 6.45) is 4.15. The van der Waals surface area contributed by atoms with E-state index in [0.717, 1.165) is 16.5 Å². The van der Waals surface area contributed by atoms with E-state index in [0.29, 0.717) is 11.5 Å². The van der Waals surface area contributed by atoms with Crippen molar-refractivity contribution in [3.63, 3.8) is 0 Å². The van der Waals surface area contributed by atoms with E-state index in [1.54, 1.807) is 18.5 Å². The van der Waals surface area contributed by atoms with Crippen molar-refractivity contribution >= 4 is 21.8 Å². The van der Waals surface area contributed by atoms with E-state index in [9.17, 15) is 4.79 Å². The summed E-state index contributed by atoms with van der Waals surface area (Å²) in [5, 5.41) is 3.11. The van der Waals surface area contributed by atoms with Gasteiger partial charge in [0.05, 0.1) is 11.6 Å². The van der Waals surface area contributed by atoms with Crippen LogP contribution in [0, 0.1) is 5.92 Å². The summed E-state index contributed by atoms with van der Waals surface area (Å²) in [4.78, 5) is 16.4. The van der Waals surface area contributed by atoms with E-state index in [4.69, 9.17) is 0 Å². The molecule has 4 heteroatoms. The molecule has 2 rings (SSSR count). The Morgan fingerprint density at radius 1 is 1.24 bits per heavy atom. The van der Waals surface area contributed by atoms with Gasteiger partial charge in [-0.15, -0.1) is 0 Å². The maximum absolute atomic E-state index is 12.4. The van der Waals surface area contributed by atoms with Crippen LogP contribution in [0.5, 0.6) is 0 Å². The number of pyridine rings is 1. The van der Waals surface area contributed by atoms with Crippen molar-refractivity contribution in [3.05, 3.63) is 64.4 Å². The average Bonchev–Trinajstić information content (AvgIpc) is 2.47. The number of nitrogens with zero attached hydrogens (tertiary/aromatic N) is 1. The summed E-state index contributed by atoms with van der Waals surface area (Å²) in [5.41, 5.74) is 1.69. The number of rotatable bonds is 5. The largest absolute Gasteiger partial charge is 0.345 e. The number of carbonyl (C=O) groups excluding carboxylic acids is 1. The molecular formula is C17H19BrN2O. The molecule has 1 unspecified atom stereocenters. The number of hydrogen-bond acceptors (Lipinski definition) is 2. The molecule has 0 bridgehead atoms. The van der Waals surface area contributed by atoms with E-state index >= 15 is 0 Å². The minimum Gasteiger partial charge on any atom is -0.345 e. The Balaban J connectivity index is 2.17. The summed E-state index contributed by atoms with van der Waals surface area (Å²) < 4.78 is 0.801. The first kappa shape index (κ1) is 15.7. The maximum Gasteiger partial charge on any atom is 0.253 e. The lowest BCUT2D eigenvalue weighted by Crippen LogP contribution is -2.29. The first-order valence-electron chi connectivity index (χ1n) is 7.02. The van der Waals surface area contributed by atoms with Crippen LogP contribution < -0.4 is 5.32 Å². The molecule has 1 amide bonds. The summed E-state index contributed by atoms with van der Waals surface area (Å²) >= 11 is 3.34. The fraction of sp³-hybridized carbons (Fsp3) is 0.294. The fourth-order valence-corrected chi connectivity index (χ4v) is 2.58. The first-order chi connectivity index (χ1) is 10.1.